The minimum atomic E-state index is -1.77. The third kappa shape index (κ3) is 8.23. The van der Waals surface area contributed by atoms with Crippen molar-refractivity contribution < 1.29 is 79.2 Å². The number of carbonyl (C=O) groups is 1. The van der Waals surface area contributed by atoms with Crippen molar-refractivity contribution in [3.63, 3.8) is 0 Å². The Morgan fingerprint density at radius 1 is 0.826 bits per heavy atom. The van der Waals surface area contributed by atoms with Crippen LogP contribution in [-0.2, 0) is 33.2 Å². The molecule has 0 saturated carbocycles. The molecule has 11 atom stereocenters. The fourth-order valence-electron chi connectivity index (χ4n) is 4.86. The number of phenols is 4. The normalized spacial score (nSPS) is 32.3. The molecule has 9 N–H and O–H groups in total. The average Bonchev–Trinajstić information content (AvgIpc) is 3.03. The van der Waals surface area contributed by atoms with Crippen LogP contribution in [0.15, 0.2) is 42.5 Å². The zero-order valence-electron chi connectivity index (χ0n) is 24.8. The molecule has 0 aromatic heterocycles. The van der Waals surface area contributed by atoms with Crippen molar-refractivity contribution >= 4 is 12.0 Å². The van der Waals surface area contributed by atoms with E-state index >= 15 is 0 Å². The van der Waals surface area contributed by atoms with Gasteiger partial charge in [0.2, 0.25) is 0 Å². The Morgan fingerprint density at radius 3 is 2.15 bits per heavy atom. The fourth-order valence-corrected chi connectivity index (χ4v) is 4.86. The number of rotatable bonds is 11. The van der Waals surface area contributed by atoms with E-state index in [1.54, 1.807) is 0 Å². The van der Waals surface area contributed by atoms with E-state index < -0.39 is 91.6 Å². The maximum Gasteiger partial charge on any atom is 0.330 e. The SMILES string of the molecule is CO[C@@H](CO[C@@H]1O[C@H](COC(=O)/C=C/c2ccc(O)c(O)c2)[C@@H](O)[C@H](O[C@@H]2O[C@@H](C)[C@H](O)[C@@H](O)[C@H]2O)[C@H]1O)c1ccc(O)c(O)c1. The summed E-state index contributed by atoms with van der Waals surface area (Å²) in [6, 6.07) is 7.84. The molecule has 2 aliphatic rings. The van der Waals surface area contributed by atoms with Gasteiger partial charge in [-0.05, 0) is 48.4 Å². The summed E-state index contributed by atoms with van der Waals surface area (Å²) in [6.45, 7) is 0.549. The van der Waals surface area contributed by atoms with Crippen LogP contribution in [0.2, 0.25) is 0 Å². The molecule has 2 aliphatic heterocycles. The number of aliphatic hydroxyl groups excluding tert-OH is 5. The first-order valence-corrected chi connectivity index (χ1v) is 14.2. The summed E-state index contributed by atoms with van der Waals surface area (Å²) in [5.74, 6) is -2.38. The number of hydrogen-bond donors (Lipinski definition) is 9. The Morgan fingerprint density at radius 2 is 1.50 bits per heavy atom. The second-order valence-electron chi connectivity index (χ2n) is 10.8. The first-order valence-electron chi connectivity index (χ1n) is 14.2. The first-order chi connectivity index (χ1) is 21.8. The lowest BCUT2D eigenvalue weighted by atomic mass is 9.97. The summed E-state index contributed by atoms with van der Waals surface area (Å²) in [7, 11) is 1.35. The van der Waals surface area contributed by atoms with Crippen LogP contribution in [0, 0.1) is 0 Å². The highest BCUT2D eigenvalue weighted by atomic mass is 16.7. The summed E-state index contributed by atoms with van der Waals surface area (Å²) in [6.07, 6.45) is -14.0. The fraction of sp³-hybridized carbons (Fsp3) is 0.500. The van der Waals surface area contributed by atoms with E-state index in [1.165, 1.54) is 56.5 Å². The zero-order chi connectivity index (χ0) is 33.7. The lowest BCUT2D eigenvalue weighted by Crippen LogP contribution is -2.64. The Labute approximate surface area is 262 Å². The molecule has 46 heavy (non-hydrogen) atoms. The number of esters is 1. The standard InChI is InChI=1S/C30H38O16/c1-13-23(36)25(38)26(39)30(44-13)46-28-24(37)21(12-42-22(35)8-4-14-3-6-16(31)18(33)9-14)45-29(27(28)40)43-11-20(41-2)15-5-7-17(32)19(34)10-15/h3-10,13,20-21,23-34,36-40H,11-12H2,1-2H3/b8-4+/t13-,20-,21+,23-,24+,25+,26+,27+,28-,29+,30-/m0/s1. The zero-order valence-corrected chi connectivity index (χ0v) is 24.8. The van der Waals surface area contributed by atoms with Crippen molar-refractivity contribution in [2.45, 2.75) is 74.4 Å². The van der Waals surface area contributed by atoms with Gasteiger partial charge in [-0.3, -0.25) is 0 Å². The molecule has 0 unspecified atom stereocenters. The summed E-state index contributed by atoms with van der Waals surface area (Å²) in [5.41, 5.74) is 0.767. The number of carbonyl (C=O) groups excluding carboxylic acids is 1. The highest BCUT2D eigenvalue weighted by molar-refractivity contribution is 5.87. The lowest BCUT2D eigenvalue weighted by molar-refractivity contribution is -0.358. The average molecular weight is 655 g/mol. The smallest absolute Gasteiger partial charge is 0.330 e. The summed E-state index contributed by atoms with van der Waals surface area (Å²) < 4.78 is 33.3. The minimum Gasteiger partial charge on any atom is -0.504 e. The molecule has 0 radical (unpaired) electrons. The van der Waals surface area contributed by atoms with Crippen molar-refractivity contribution in [3.8, 4) is 23.0 Å². The molecular formula is C30H38O16. The number of benzene rings is 2. The van der Waals surface area contributed by atoms with Crippen LogP contribution < -0.4 is 0 Å². The number of ether oxygens (including phenoxy) is 6. The summed E-state index contributed by atoms with van der Waals surface area (Å²) in [4.78, 5) is 12.4. The molecule has 2 fully saturated rings. The van der Waals surface area contributed by atoms with Crippen LogP contribution in [0.4, 0.5) is 0 Å². The largest absolute Gasteiger partial charge is 0.504 e. The van der Waals surface area contributed by atoms with E-state index in [4.69, 9.17) is 28.4 Å². The van der Waals surface area contributed by atoms with E-state index in [9.17, 15) is 50.8 Å². The van der Waals surface area contributed by atoms with Crippen LogP contribution in [0.5, 0.6) is 23.0 Å². The third-order valence-corrected chi connectivity index (χ3v) is 7.61. The monoisotopic (exact) mass is 654 g/mol. The van der Waals surface area contributed by atoms with Crippen molar-refractivity contribution in [1.29, 1.82) is 0 Å². The number of aliphatic hydroxyl groups is 5. The van der Waals surface area contributed by atoms with E-state index in [0.29, 0.717) is 11.1 Å². The van der Waals surface area contributed by atoms with Crippen molar-refractivity contribution in [2.24, 2.45) is 0 Å². The van der Waals surface area contributed by atoms with E-state index in [0.717, 1.165) is 6.08 Å². The van der Waals surface area contributed by atoms with Gasteiger partial charge in [0.15, 0.2) is 35.6 Å². The maximum atomic E-state index is 12.4. The summed E-state index contributed by atoms with van der Waals surface area (Å²) in [5, 5.41) is 91.5. The van der Waals surface area contributed by atoms with E-state index in [-0.39, 0.29) is 18.1 Å². The van der Waals surface area contributed by atoms with Gasteiger partial charge in [-0.25, -0.2) is 4.79 Å². The van der Waals surface area contributed by atoms with Gasteiger partial charge >= 0.3 is 5.97 Å². The molecule has 16 nitrogen and oxygen atoms in total. The molecule has 0 bridgehead atoms. The van der Waals surface area contributed by atoms with E-state index in [1.807, 2.05) is 0 Å². The Balaban J connectivity index is 1.49. The van der Waals surface area contributed by atoms with Crippen molar-refractivity contribution in [2.75, 3.05) is 20.3 Å². The second-order valence-corrected chi connectivity index (χ2v) is 10.8. The summed E-state index contributed by atoms with van der Waals surface area (Å²) >= 11 is 0. The highest BCUT2D eigenvalue weighted by Gasteiger charge is 2.50. The van der Waals surface area contributed by atoms with Crippen LogP contribution in [0.3, 0.4) is 0 Å². The second kappa shape index (κ2) is 15.4. The molecule has 254 valence electrons. The van der Waals surface area contributed by atoms with Crippen LogP contribution in [0.1, 0.15) is 24.2 Å². The molecule has 2 aromatic rings. The van der Waals surface area contributed by atoms with Gasteiger partial charge in [0.1, 0.15) is 55.4 Å². The Hall–Kier alpha value is -3.55. The van der Waals surface area contributed by atoms with Crippen molar-refractivity contribution in [1.82, 2.24) is 0 Å². The van der Waals surface area contributed by atoms with Gasteiger partial charge in [-0.2, -0.15) is 0 Å². The van der Waals surface area contributed by atoms with Crippen LogP contribution in [0.25, 0.3) is 6.08 Å². The molecule has 16 heteroatoms. The lowest BCUT2D eigenvalue weighted by Gasteiger charge is -2.46. The number of phenolic OH excluding ortho intramolecular Hbond substituents is 4. The molecule has 2 aromatic carbocycles. The molecule has 2 heterocycles. The third-order valence-electron chi connectivity index (χ3n) is 7.61. The van der Waals surface area contributed by atoms with Gasteiger partial charge in [0.05, 0.1) is 12.7 Å². The number of aromatic hydroxyl groups is 4. The maximum absolute atomic E-state index is 12.4. The Bertz CT molecular complexity index is 1350. The number of methoxy groups -OCH3 is 1. The quantitative estimate of drug-likeness (QED) is 0.0811. The van der Waals surface area contributed by atoms with Gasteiger partial charge in [-0.1, -0.05) is 12.1 Å². The molecular weight excluding hydrogens is 616 g/mol. The highest BCUT2D eigenvalue weighted by Crippen LogP contribution is 2.32. The number of hydrogen-bond acceptors (Lipinski definition) is 16. The van der Waals surface area contributed by atoms with Crippen LogP contribution in [-0.4, -0.2) is 134 Å². The van der Waals surface area contributed by atoms with Gasteiger partial charge in [0.25, 0.3) is 0 Å². The molecule has 0 aliphatic carbocycles. The topological polar surface area (TPSA) is 255 Å². The molecule has 4 rings (SSSR count). The predicted octanol–water partition coefficient (Wildman–Crippen LogP) is -0.871. The van der Waals surface area contributed by atoms with Crippen molar-refractivity contribution in [3.05, 3.63) is 53.6 Å². The molecule has 0 amide bonds. The predicted molar refractivity (Wildman–Crippen MR) is 153 cm³/mol. The van der Waals surface area contributed by atoms with E-state index in [2.05, 4.69) is 0 Å². The van der Waals surface area contributed by atoms with Gasteiger partial charge in [0, 0.05) is 13.2 Å². The molecule has 0 spiro atoms. The van der Waals surface area contributed by atoms with Gasteiger partial charge < -0.3 is 74.4 Å². The van der Waals surface area contributed by atoms with Crippen LogP contribution >= 0.6 is 0 Å². The molecule has 2 saturated heterocycles. The van der Waals surface area contributed by atoms with Gasteiger partial charge in [-0.15, -0.1) is 0 Å². The minimum absolute atomic E-state index is 0.287. The Kier molecular flexibility index (Phi) is 11.8. The first kappa shape index (κ1) is 35.3.